The van der Waals surface area contributed by atoms with Crippen LogP contribution in [0.3, 0.4) is 0 Å². The molecule has 3 fully saturated rings. The maximum absolute atomic E-state index is 13.1. The number of methoxy groups -OCH3 is 1. The van der Waals surface area contributed by atoms with E-state index >= 15 is 0 Å². The van der Waals surface area contributed by atoms with Crippen molar-refractivity contribution in [3.05, 3.63) is 24.3 Å². The number of rotatable bonds is 3. The molecule has 0 spiro atoms. The lowest BCUT2D eigenvalue weighted by atomic mass is 9.77. The third kappa shape index (κ3) is 2.95. The second-order valence-corrected chi connectivity index (χ2v) is 7.48. The molecular weight excluding hydrogens is 316 g/mol. The number of benzene rings is 1. The van der Waals surface area contributed by atoms with Crippen LogP contribution in [-0.4, -0.2) is 42.5 Å². The molecule has 5 heteroatoms. The van der Waals surface area contributed by atoms with Crippen LogP contribution in [0.4, 0.5) is 5.69 Å². The van der Waals surface area contributed by atoms with E-state index in [0.717, 1.165) is 18.7 Å². The van der Waals surface area contributed by atoms with Crippen molar-refractivity contribution in [2.24, 2.45) is 5.92 Å². The average molecular weight is 342 g/mol. The standard InChI is InChI=1S/C20H26N2O3/c1-25-16-10-8-15(9-11-16)22-19(23)13-18(20(22)24)21-12-4-6-14-5-2-3-7-17(14)21/h8-11,14,17-18H,2-7,12-13H2,1H3/t14-,17+,18+/m1/s1. The molecule has 25 heavy (non-hydrogen) atoms. The molecule has 0 bridgehead atoms. The van der Waals surface area contributed by atoms with Gasteiger partial charge in [0.15, 0.2) is 0 Å². The predicted molar refractivity (Wildman–Crippen MR) is 95.6 cm³/mol. The third-order valence-electron chi connectivity index (χ3n) is 6.14. The molecule has 2 amide bonds. The second-order valence-electron chi connectivity index (χ2n) is 7.48. The maximum Gasteiger partial charge on any atom is 0.251 e. The van der Waals surface area contributed by atoms with Gasteiger partial charge in [0.2, 0.25) is 5.91 Å². The average Bonchev–Trinajstić information content (AvgIpc) is 2.95. The quantitative estimate of drug-likeness (QED) is 0.793. The first-order chi connectivity index (χ1) is 12.2. The van der Waals surface area contributed by atoms with Gasteiger partial charge in [-0.3, -0.25) is 14.5 Å². The Hall–Kier alpha value is -1.88. The zero-order valence-electron chi connectivity index (χ0n) is 14.8. The molecule has 3 aliphatic rings. The van der Waals surface area contributed by atoms with Crippen LogP contribution < -0.4 is 9.64 Å². The zero-order chi connectivity index (χ0) is 17.4. The lowest BCUT2D eigenvalue weighted by Crippen LogP contribution is -2.54. The summed E-state index contributed by atoms with van der Waals surface area (Å²) in [5.74, 6) is 1.29. The van der Waals surface area contributed by atoms with Crippen LogP contribution in [0.15, 0.2) is 24.3 Å². The Kier molecular flexibility index (Phi) is 4.50. The number of hydrogen-bond donors (Lipinski definition) is 0. The van der Waals surface area contributed by atoms with Gasteiger partial charge in [-0.2, -0.15) is 0 Å². The van der Waals surface area contributed by atoms with E-state index < -0.39 is 0 Å². The number of piperidine rings is 1. The van der Waals surface area contributed by atoms with E-state index in [4.69, 9.17) is 4.74 Å². The van der Waals surface area contributed by atoms with Crippen LogP contribution in [0.2, 0.25) is 0 Å². The summed E-state index contributed by atoms with van der Waals surface area (Å²) in [7, 11) is 1.61. The molecule has 0 unspecified atom stereocenters. The van der Waals surface area contributed by atoms with E-state index in [2.05, 4.69) is 4.90 Å². The predicted octanol–water partition coefficient (Wildman–Crippen LogP) is 2.98. The summed E-state index contributed by atoms with van der Waals surface area (Å²) < 4.78 is 5.16. The molecule has 1 aliphatic carbocycles. The van der Waals surface area contributed by atoms with Crippen molar-refractivity contribution in [3.8, 4) is 5.75 Å². The summed E-state index contributed by atoms with van der Waals surface area (Å²) in [6, 6.07) is 7.37. The van der Waals surface area contributed by atoms with Crippen molar-refractivity contribution >= 4 is 17.5 Å². The summed E-state index contributed by atoms with van der Waals surface area (Å²) in [5, 5.41) is 0. The molecule has 134 valence electrons. The number of hydrogen-bond acceptors (Lipinski definition) is 4. The largest absolute Gasteiger partial charge is 0.497 e. The Morgan fingerprint density at radius 1 is 1.00 bits per heavy atom. The number of likely N-dealkylation sites (tertiary alicyclic amines) is 1. The van der Waals surface area contributed by atoms with E-state index in [0.29, 0.717) is 24.1 Å². The minimum Gasteiger partial charge on any atom is -0.497 e. The number of nitrogens with zero attached hydrogens (tertiary/aromatic N) is 2. The molecular formula is C20H26N2O3. The van der Waals surface area contributed by atoms with Gasteiger partial charge in [-0.05, 0) is 62.4 Å². The molecule has 4 rings (SSSR count). The fraction of sp³-hybridized carbons (Fsp3) is 0.600. The Bertz CT molecular complexity index is 655. The molecule has 1 saturated carbocycles. The van der Waals surface area contributed by atoms with Crippen molar-refractivity contribution < 1.29 is 14.3 Å². The first kappa shape index (κ1) is 16.6. The number of carbonyl (C=O) groups is 2. The minimum atomic E-state index is -0.277. The van der Waals surface area contributed by atoms with Gasteiger partial charge >= 0.3 is 0 Å². The normalized spacial score (nSPS) is 30.4. The molecule has 0 N–H and O–H groups in total. The molecule has 1 aromatic carbocycles. The van der Waals surface area contributed by atoms with Gasteiger partial charge in [-0.1, -0.05) is 12.8 Å². The van der Waals surface area contributed by atoms with Crippen LogP contribution in [0.5, 0.6) is 5.75 Å². The Morgan fingerprint density at radius 2 is 1.72 bits per heavy atom. The van der Waals surface area contributed by atoms with Crippen LogP contribution in [0.25, 0.3) is 0 Å². The van der Waals surface area contributed by atoms with Crippen molar-refractivity contribution in [2.75, 3.05) is 18.6 Å². The Labute approximate surface area is 148 Å². The molecule has 3 atom stereocenters. The van der Waals surface area contributed by atoms with Crippen LogP contribution in [-0.2, 0) is 9.59 Å². The molecule has 0 radical (unpaired) electrons. The van der Waals surface area contributed by atoms with E-state index in [-0.39, 0.29) is 17.9 Å². The highest BCUT2D eigenvalue weighted by Gasteiger charge is 2.47. The first-order valence-electron chi connectivity index (χ1n) is 9.45. The van der Waals surface area contributed by atoms with Crippen LogP contribution >= 0.6 is 0 Å². The number of carbonyl (C=O) groups excluding carboxylic acids is 2. The molecule has 2 saturated heterocycles. The highest BCUT2D eigenvalue weighted by atomic mass is 16.5. The summed E-state index contributed by atoms with van der Waals surface area (Å²) in [6.07, 6.45) is 7.73. The van der Waals surface area contributed by atoms with Gasteiger partial charge in [0.05, 0.1) is 25.3 Å². The molecule has 0 aromatic heterocycles. The van der Waals surface area contributed by atoms with Gasteiger partial charge in [-0.25, -0.2) is 4.90 Å². The van der Waals surface area contributed by atoms with Gasteiger partial charge in [0, 0.05) is 6.04 Å². The summed E-state index contributed by atoms with van der Waals surface area (Å²) >= 11 is 0. The molecule has 1 aromatic rings. The van der Waals surface area contributed by atoms with E-state index in [1.54, 1.807) is 31.4 Å². The molecule has 2 aliphatic heterocycles. The molecule has 2 heterocycles. The van der Waals surface area contributed by atoms with Gasteiger partial charge in [0.25, 0.3) is 5.91 Å². The number of amides is 2. The van der Waals surface area contributed by atoms with Gasteiger partial charge in [0.1, 0.15) is 5.75 Å². The lowest BCUT2D eigenvalue weighted by molar-refractivity contribution is -0.124. The van der Waals surface area contributed by atoms with Gasteiger partial charge in [-0.15, -0.1) is 0 Å². The zero-order valence-corrected chi connectivity index (χ0v) is 14.8. The lowest BCUT2D eigenvalue weighted by Gasteiger charge is -2.46. The number of ether oxygens (including phenoxy) is 1. The highest BCUT2D eigenvalue weighted by Crippen LogP contribution is 2.38. The second kappa shape index (κ2) is 6.79. The summed E-state index contributed by atoms with van der Waals surface area (Å²) in [6.45, 7) is 0.946. The van der Waals surface area contributed by atoms with E-state index in [1.807, 2.05) is 0 Å². The van der Waals surface area contributed by atoms with E-state index in [1.165, 1.54) is 37.0 Å². The maximum atomic E-state index is 13.1. The minimum absolute atomic E-state index is 0.0543. The number of anilines is 1. The van der Waals surface area contributed by atoms with Crippen molar-refractivity contribution in [3.63, 3.8) is 0 Å². The highest BCUT2D eigenvalue weighted by molar-refractivity contribution is 6.22. The number of imide groups is 1. The third-order valence-corrected chi connectivity index (χ3v) is 6.14. The van der Waals surface area contributed by atoms with Crippen LogP contribution in [0, 0.1) is 5.92 Å². The first-order valence-corrected chi connectivity index (χ1v) is 9.45. The Morgan fingerprint density at radius 3 is 2.48 bits per heavy atom. The Balaban J connectivity index is 1.55. The topological polar surface area (TPSA) is 49.9 Å². The molecule has 5 nitrogen and oxygen atoms in total. The van der Waals surface area contributed by atoms with Crippen molar-refractivity contribution in [1.82, 2.24) is 4.90 Å². The fourth-order valence-corrected chi connectivity index (χ4v) is 4.93. The summed E-state index contributed by atoms with van der Waals surface area (Å²) in [4.78, 5) is 29.4. The SMILES string of the molecule is COc1ccc(N2C(=O)C[C@H](N3CCC[C@H]4CCCC[C@@H]43)C2=O)cc1. The summed E-state index contributed by atoms with van der Waals surface area (Å²) in [5.41, 5.74) is 0.649. The monoisotopic (exact) mass is 342 g/mol. The smallest absolute Gasteiger partial charge is 0.251 e. The van der Waals surface area contributed by atoms with E-state index in [9.17, 15) is 9.59 Å². The number of fused-ring (bicyclic) bond motifs is 1. The van der Waals surface area contributed by atoms with Crippen LogP contribution in [0.1, 0.15) is 44.9 Å². The fourth-order valence-electron chi connectivity index (χ4n) is 4.93. The van der Waals surface area contributed by atoms with Crippen molar-refractivity contribution in [2.45, 2.75) is 57.0 Å². The van der Waals surface area contributed by atoms with Crippen molar-refractivity contribution in [1.29, 1.82) is 0 Å². The van der Waals surface area contributed by atoms with Gasteiger partial charge < -0.3 is 4.74 Å².